The summed E-state index contributed by atoms with van der Waals surface area (Å²) < 4.78 is 12.5. The molecular weight excluding hydrogens is 430 g/mol. The van der Waals surface area contributed by atoms with Crippen LogP contribution in [0.1, 0.15) is 11.1 Å². The van der Waals surface area contributed by atoms with E-state index in [4.69, 9.17) is 21.1 Å². The van der Waals surface area contributed by atoms with Crippen LogP contribution in [0.25, 0.3) is 0 Å². The average molecular weight is 449 g/mol. The number of hydrogen-bond acceptors (Lipinski definition) is 4. The molecule has 4 nitrogen and oxygen atoms in total. The first kappa shape index (κ1) is 19.4. The Hall–Kier alpha value is -2.37. The number of methoxy groups -OCH3 is 1. The molecule has 0 aromatic heterocycles. The van der Waals surface area contributed by atoms with Crippen molar-refractivity contribution in [2.75, 3.05) is 12.4 Å². The minimum atomic E-state index is 0.232. The summed E-state index contributed by atoms with van der Waals surface area (Å²) in [7, 11) is 1.62. The van der Waals surface area contributed by atoms with Gasteiger partial charge in [-0.05, 0) is 54.1 Å². The Morgan fingerprint density at radius 3 is 2.37 bits per heavy atom. The Balaban J connectivity index is 1.81. The monoisotopic (exact) mass is 447 g/mol. The van der Waals surface area contributed by atoms with Crippen molar-refractivity contribution in [3.63, 3.8) is 0 Å². The molecule has 0 spiro atoms. The average Bonchev–Trinajstić information content (AvgIpc) is 2.68. The van der Waals surface area contributed by atoms with Crippen LogP contribution in [0.4, 0.5) is 5.69 Å². The SMILES string of the molecule is COc1ccc(Br)c(CNc2ccc(O)cc2)c1OCc1ccc(Cl)cc1. The van der Waals surface area contributed by atoms with E-state index in [1.807, 2.05) is 48.5 Å². The molecule has 0 radical (unpaired) electrons. The zero-order valence-electron chi connectivity index (χ0n) is 14.7. The number of nitrogens with one attached hydrogen (secondary N) is 1. The third kappa shape index (κ3) is 5.08. The maximum absolute atomic E-state index is 9.41. The molecule has 0 fully saturated rings. The van der Waals surface area contributed by atoms with Crippen LogP contribution >= 0.6 is 27.5 Å². The number of phenolic OH excluding ortho intramolecular Hbond substituents is 1. The lowest BCUT2D eigenvalue weighted by molar-refractivity contribution is 0.281. The third-order valence-corrected chi connectivity index (χ3v) is 5.02. The molecule has 0 saturated heterocycles. The number of aromatic hydroxyl groups is 1. The second-order valence-corrected chi connectivity index (χ2v) is 7.16. The Bertz CT molecular complexity index is 899. The molecule has 3 rings (SSSR count). The van der Waals surface area contributed by atoms with Crippen molar-refractivity contribution in [2.24, 2.45) is 0 Å². The fourth-order valence-electron chi connectivity index (χ4n) is 2.57. The van der Waals surface area contributed by atoms with E-state index in [1.165, 1.54) is 0 Å². The maximum Gasteiger partial charge on any atom is 0.167 e. The van der Waals surface area contributed by atoms with Crippen LogP contribution < -0.4 is 14.8 Å². The number of ether oxygens (including phenoxy) is 2. The summed E-state index contributed by atoms with van der Waals surface area (Å²) >= 11 is 9.54. The second-order valence-electron chi connectivity index (χ2n) is 5.87. The summed E-state index contributed by atoms with van der Waals surface area (Å²) in [5, 5.41) is 13.4. The van der Waals surface area contributed by atoms with Crippen LogP contribution in [0.5, 0.6) is 17.2 Å². The van der Waals surface area contributed by atoms with Crippen molar-refractivity contribution in [3.8, 4) is 17.2 Å². The van der Waals surface area contributed by atoms with Gasteiger partial charge in [-0.1, -0.05) is 39.7 Å². The van der Waals surface area contributed by atoms with Crippen molar-refractivity contribution in [2.45, 2.75) is 13.2 Å². The van der Waals surface area contributed by atoms with E-state index in [-0.39, 0.29) is 5.75 Å². The molecule has 0 unspecified atom stereocenters. The maximum atomic E-state index is 9.41. The number of hydrogen-bond donors (Lipinski definition) is 2. The molecule has 0 bridgehead atoms. The van der Waals surface area contributed by atoms with E-state index in [0.717, 1.165) is 21.3 Å². The molecule has 0 aliphatic heterocycles. The van der Waals surface area contributed by atoms with Crippen molar-refractivity contribution >= 4 is 33.2 Å². The van der Waals surface area contributed by atoms with Gasteiger partial charge in [-0.2, -0.15) is 0 Å². The highest BCUT2D eigenvalue weighted by Crippen LogP contribution is 2.37. The number of rotatable bonds is 7. The van der Waals surface area contributed by atoms with Crippen LogP contribution in [0, 0.1) is 0 Å². The Morgan fingerprint density at radius 2 is 1.70 bits per heavy atom. The molecule has 0 saturated carbocycles. The molecule has 6 heteroatoms. The van der Waals surface area contributed by atoms with Gasteiger partial charge in [0.1, 0.15) is 12.4 Å². The molecule has 3 aromatic rings. The van der Waals surface area contributed by atoms with Gasteiger partial charge in [0.2, 0.25) is 0 Å². The summed E-state index contributed by atoms with van der Waals surface area (Å²) in [6.07, 6.45) is 0. The molecule has 0 aliphatic rings. The van der Waals surface area contributed by atoms with Crippen molar-refractivity contribution in [1.82, 2.24) is 0 Å². The first-order valence-electron chi connectivity index (χ1n) is 8.32. The smallest absolute Gasteiger partial charge is 0.167 e. The summed E-state index contributed by atoms with van der Waals surface area (Å²) in [4.78, 5) is 0. The predicted octanol–water partition coefficient (Wildman–Crippen LogP) is 6.01. The van der Waals surface area contributed by atoms with E-state index in [0.29, 0.717) is 29.7 Å². The highest BCUT2D eigenvalue weighted by Gasteiger charge is 2.15. The Labute approximate surface area is 171 Å². The molecule has 140 valence electrons. The van der Waals surface area contributed by atoms with Crippen molar-refractivity contribution in [1.29, 1.82) is 0 Å². The molecule has 3 aromatic carbocycles. The van der Waals surface area contributed by atoms with Gasteiger partial charge in [0, 0.05) is 27.3 Å². The highest BCUT2D eigenvalue weighted by molar-refractivity contribution is 9.10. The van der Waals surface area contributed by atoms with Gasteiger partial charge in [0.15, 0.2) is 11.5 Å². The molecule has 27 heavy (non-hydrogen) atoms. The first-order valence-corrected chi connectivity index (χ1v) is 9.49. The predicted molar refractivity (Wildman–Crippen MR) is 112 cm³/mol. The molecule has 2 N–H and O–H groups in total. The van der Waals surface area contributed by atoms with E-state index >= 15 is 0 Å². The van der Waals surface area contributed by atoms with Crippen LogP contribution in [-0.2, 0) is 13.2 Å². The van der Waals surface area contributed by atoms with Gasteiger partial charge in [-0.25, -0.2) is 0 Å². The number of halogens is 2. The van der Waals surface area contributed by atoms with Crippen LogP contribution in [0.3, 0.4) is 0 Å². The fraction of sp³-hybridized carbons (Fsp3) is 0.143. The molecule has 0 amide bonds. The molecular formula is C21H19BrClNO3. The fourth-order valence-corrected chi connectivity index (χ4v) is 3.15. The standard InChI is InChI=1S/C21H19BrClNO3/c1-26-20-11-10-19(22)18(12-24-16-6-8-17(25)9-7-16)21(20)27-13-14-2-4-15(23)5-3-14/h2-11,24-25H,12-13H2,1H3. The van der Waals surface area contributed by atoms with Crippen LogP contribution in [-0.4, -0.2) is 12.2 Å². The first-order chi connectivity index (χ1) is 13.1. The molecule has 0 aliphatic carbocycles. The minimum Gasteiger partial charge on any atom is -0.508 e. The quantitative estimate of drug-likeness (QED) is 0.435. The van der Waals surface area contributed by atoms with Crippen LogP contribution in [0.15, 0.2) is 65.1 Å². The van der Waals surface area contributed by atoms with Gasteiger partial charge in [0.25, 0.3) is 0 Å². The summed E-state index contributed by atoms with van der Waals surface area (Å²) in [6, 6.07) is 18.3. The van der Waals surface area contributed by atoms with Crippen LogP contribution in [0.2, 0.25) is 5.02 Å². The summed E-state index contributed by atoms with van der Waals surface area (Å²) in [5.41, 5.74) is 2.85. The molecule has 0 heterocycles. The van der Waals surface area contributed by atoms with Gasteiger partial charge >= 0.3 is 0 Å². The Kier molecular flexibility index (Phi) is 6.48. The zero-order chi connectivity index (χ0) is 19.2. The largest absolute Gasteiger partial charge is 0.508 e. The topological polar surface area (TPSA) is 50.7 Å². The van der Waals surface area contributed by atoms with Crippen molar-refractivity contribution < 1.29 is 14.6 Å². The van der Waals surface area contributed by atoms with Gasteiger partial charge in [0.05, 0.1) is 7.11 Å². The van der Waals surface area contributed by atoms with Crippen molar-refractivity contribution in [3.05, 3.63) is 81.3 Å². The van der Waals surface area contributed by atoms with E-state index in [9.17, 15) is 5.11 Å². The number of benzene rings is 3. The van der Waals surface area contributed by atoms with Gasteiger partial charge in [-0.15, -0.1) is 0 Å². The molecule has 0 atom stereocenters. The zero-order valence-corrected chi connectivity index (χ0v) is 17.0. The lowest BCUT2D eigenvalue weighted by Crippen LogP contribution is -2.06. The highest BCUT2D eigenvalue weighted by atomic mass is 79.9. The van der Waals surface area contributed by atoms with E-state index in [1.54, 1.807) is 19.2 Å². The number of anilines is 1. The lowest BCUT2D eigenvalue weighted by atomic mass is 10.1. The summed E-state index contributed by atoms with van der Waals surface area (Å²) in [6.45, 7) is 0.925. The number of phenols is 1. The van der Waals surface area contributed by atoms with E-state index in [2.05, 4.69) is 21.2 Å². The minimum absolute atomic E-state index is 0.232. The Morgan fingerprint density at radius 1 is 1.00 bits per heavy atom. The normalized spacial score (nSPS) is 10.5. The van der Waals surface area contributed by atoms with Gasteiger partial charge in [-0.3, -0.25) is 0 Å². The summed E-state index contributed by atoms with van der Waals surface area (Å²) in [5.74, 6) is 1.57. The third-order valence-electron chi connectivity index (χ3n) is 4.02. The second kappa shape index (κ2) is 9.02. The van der Waals surface area contributed by atoms with Gasteiger partial charge < -0.3 is 19.9 Å². The van der Waals surface area contributed by atoms with E-state index < -0.39 is 0 Å². The lowest BCUT2D eigenvalue weighted by Gasteiger charge is -2.17.